The van der Waals surface area contributed by atoms with Gasteiger partial charge in [0.25, 0.3) is 5.91 Å². The Morgan fingerprint density at radius 1 is 1.19 bits per heavy atom. The van der Waals surface area contributed by atoms with Crippen molar-refractivity contribution in [3.05, 3.63) is 23.8 Å². The monoisotopic (exact) mass is 288 g/mol. The lowest BCUT2D eigenvalue weighted by Crippen LogP contribution is -2.43. The van der Waals surface area contributed by atoms with Crippen LogP contribution < -0.4 is 16.8 Å². The number of nitrogen functional groups attached to an aromatic ring is 2. The molecule has 0 radical (unpaired) electrons. The Morgan fingerprint density at radius 3 is 2.33 bits per heavy atom. The number of nitrogens with zero attached hydrogens (tertiary/aromatic N) is 1. The van der Waals surface area contributed by atoms with E-state index in [9.17, 15) is 4.79 Å². The molecule has 2 atom stereocenters. The Hall–Kier alpha value is -1.75. The summed E-state index contributed by atoms with van der Waals surface area (Å²) < 4.78 is 0. The van der Waals surface area contributed by atoms with E-state index in [4.69, 9.17) is 11.5 Å². The van der Waals surface area contributed by atoms with Gasteiger partial charge in [0.05, 0.1) is 0 Å². The van der Waals surface area contributed by atoms with Crippen LogP contribution in [-0.4, -0.2) is 36.5 Å². The maximum absolute atomic E-state index is 12.2. The van der Waals surface area contributed by atoms with Gasteiger partial charge in [0.15, 0.2) is 0 Å². The second-order valence-corrected chi connectivity index (χ2v) is 6.49. The fraction of sp³-hybridized carbons (Fsp3) is 0.562. The first kappa shape index (κ1) is 14.2. The largest absolute Gasteiger partial charge is 0.399 e. The summed E-state index contributed by atoms with van der Waals surface area (Å²) in [4.78, 5) is 14.7. The number of rotatable bonds is 3. The van der Waals surface area contributed by atoms with Gasteiger partial charge in [-0.05, 0) is 56.8 Å². The predicted octanol–water partition coefficient (Wildman–Crippen LogP) is 1.45. The van der Waals surface area contributed by atoms with E-state index in [2.05, 4.69) is 17.3 Å². The number of carbonyl (C=O) groups excluding carboxylic acids is 1. The Balaban J connectivity index is 1.57. The average Bonchev–Trinajstić information content (AvgIpc) is 2.65. The van der Waals surface area contributed by atoms with Crippen LogP contribution in [0.15, 0.2) is 18.2 Å². The van der Waals surface area contributed by atoms with Crippen molar-refractivity contribution in [1.29, 1.82) is 0 Å². The highest BCUT2D eigenvalue weighted by Crippen LogP contribution is 2.37. The van der Waals surface area contributed by atoms with Crippen LogP contribution in [0.1, 0.15) is 36.0 Å². The molecule has 2 aliphatic heterocycles. The summed E-state index contributed by atoms with van der Waals surface area (Å²) >= 11 is 0. The first-order valence-electron chi connectivity index (χ1n) is 7.69. The Morgan fingerprint density at radius 2 is 1.76 bits per heavy atom. The van der Waals surface area contributed by atoms with Crippen molar-refractivity contribution in [1.82, 2.24) is 10.2 Å². The van der Waals surface area contributed by atoms with Crippen LogP contribution in [-0.2, 0) is 0 Å². The average molecular weight is 288 g/mol. The predicted molar refractivity (Wildman–Crippen MR) is 84.9 cm³/mol. The number of amides is 1. The number of anilines is 2. The third-order valence-electron chi connectivity index (χ3n) is 4.99. The molecule has 3 rings (SSSR count). The molecule has 5 N–H and O–H groups in total. The van der Waals surface area contributed by atoms with Crippen LogP contribution in [0.3, 0.4) is 0 Å². The van der Waals surface area contributed by atoms with Gasteiger partial charge < -0.3 is 21.7 Å². The molecule has 2 unspecified atom stereocenters. The quantitative estimate of drug-likeness (QED) is 0.735. The Labute approximate surface area is 125 Å². The number of nitrogens with one attached hydrogen (secondary N) is 1. The highest BCUT2D eigenvalue weighted by molar-refractivity contribution is 5.96. The maximum atomic E-state index is 12.2. The molecule has 1 aromatic carbocycles. The van der Waals surface area contributed by atoms with Crippen LogP contribution in [0, 0.1) is 5.92 Å². The normalized spacial score (nSPS) is 28.5. The molecule has 0 spiro atoms. The van der Waals surface area contributed by atoms with Crippen molar-refractivity contribution >= 4 is 17.3 Å². The molecule has 0 aromatic heterocycles. The number of fused-ring (bicyclic) bond motifs is 2. The fourth-order valence-corrected chi connectivity index (χ4v) is 3.84. The molecule has 2 saturated heterocycles. The molecule has 5 heteroatoms. The molecular weight excluding hydrogens is 264 g/mol. The van der Waals surface area contributed by atoms with Crippen molar-refractivity contribution in [3.8, 4) is 0 Å². The minimum atomic E-state index is -0.0831. The molecule has 5 nitrogen and oxygen atoms in total. The Kier molecular flexibility index (Phi) is 3.76. The molecule has 1 aromatic rings. The van der Waals surface area contributed by atoms with Crippen molar-refractivity contribution in [2.24, 2.45) is 5.92 Å². The van der Waals surface area contributed by atoms with Gasteiger partial charge in [0.2, 0.25) is 0 Å². The molecule has 21 heavy (non-hydrogen) atoms. The molecule has 0 aliphatic carbocycles. The summed E-state index contributed by atoms with van der Waals surface area (Å²) in [5, 5.41) is 3.04. The van der Waals surface area contributed by atoms with Gasteiger partial charge >= 0.3 is 0 Å². The van der Waals surface area contributed by atoms with Crippen molar-refractivity contribution in [2.75, 3.05) is 25.1 Å². The first-order valence-corrected chi connectivity index (χ1v) is 7.69. The van der Waals surface area contributed by atoms with E-state index in [0.29, 0.717) is 34.9 Å². The molecule has 1 amide bonds. The minimum Gasteiger partial charge on any atom is -0.399 e. The highest BCUT2D eigenvalue weighted by atomic mass is 16.1. The standard InChI is InChI=1S/C16H24N4O/c1-20-14-2-3-15(20)5-10(4-14)9-19-16(21)11-6-12(17)8-13(18)7-11/h6-8,10,14-15H,2-5,9,17-18H2,1H3,(H,19,21). The number of benzene rings is 1. The van der Waals surface area contributed by atoms with E-state index in [1.165, 1.54) is 25.7 Å². The van der Waals surface area contributed by atoms with Gasteiger partial charge in [0.1, 0.15) is 0 Å². The van der Waals surface area contributed by atoms with E-state index in [1.807, 2.05) is 0 Å². The van der Waals surface area contributed by atoms with E-state index in [0.717, 1.165) is 6.54 Å². The van der Waals surface area contributed by atoms with Gasteiger partial charge in [-0.25, -0.2) is 0 Å². The molecular formula is C16H24N4O. The summed E-state index contributed by atoms with van der Waals surface area (Å²) in [6, 6.07) is 6.40. The first-order chi connectivity index (χ1) is 10.0. The summed E-state index contributed by atoms with van der Waals surface area (Å²) in [7, 11) is 2.23. The molecule has 2 fully saturated rings. The molecule has 2 heterocycles. The summed E-state index contributed by atoms with van der Waals surface area (Å²) in [6.07, 6.45) is 4.98. The van der Waals surface area contributed by atoms with Gasteiger partial charge in [0, 0.05) is 35.6 Å². The zero-order chi connectivity index (χ0) is 15.0. The number of carbonyl (C=O) groups is 1. The lowest BCUT2D eigenvalue weighted by molar-refractivity contribution is 0.0917. The number of nitrogens with two attached hydrogens (primary N) is 2. The van der Waals surface area contributed by atoms with E-state index < -0.39 is 0 Å². The van der Waals surface area contributed by atoms with Gasteiger partial charge in [-0.1, -0.05) is 0 Å². The van der Waals surface area contributed by atoms with Gasteiger partial charge in [-0.3, -0.25) is 4.79 Å². The maximum Gasteiger partial charge on any atom is 0.251 e. The Bertz CT molecular complexity index is 511. The van der Waals surface area contributed by atoms with Crippen LogP contribution in [0.25, 0.3) is 0 Å². The van der Waals surface area contributed by atoms with Crippen LogP contribution in [0.2, 0.25) is 0 Å². The molecule has 2 aliphatic rings. The summed E-state index contributed by atoms with van der Waals surface area (Å²) in [5.41, 5.74) is 13.1. The van der Waals surface area contributed by atoms with Crippen molar-refractivity contribution in [3.63, 3.8) is 0 Å². The number of hydrogen-bond acceptors (Lipinski definition) is 4. The summed E-state index contributed by atoms with van der Waals surface area (Å²) in [6.45, 7) is 0.744. The van der Waals surface area contributed by atoms with Crippen LogP contribution >= 0.6 is 0 Å². The third-order valence-corrected chi connectivity index (χ3v) is 4.99. The minimum absolute atomic E-state index is 0.0831. The lowest BCUT2D eigenvalue weighted by Gasteiger charge is -2.36. The lowest BCUT2D eigenvalue weighted by atomic mass is 9.91. The second-order valence-electron chi connectivity index (χ2n) is 6.49. The molecule has 114 valence electrons. The van der Waals surface area contributed by atoms with Gasteiger partial charge in [-0.15, -0.1) is 0 Å². The van der Waals surface area contributed by atoms with E-state index in [-0.39, 0.29) is 5.91 Å². The van der Waals surface area contributed by atoms with Crippen molar-refractivity contribution in [2.45, 2.75) is 37.8 Å². The zero-order valence-electron chi connectivity index (χ0n) is 12.5. The van der Waals surface area contributed by atoms with Crippen LogP contribution in [0.4, 0.5) is 11.4 Å². The summed E-state index contributed by atoms with van der Waals surface area (Å²) in [5.74, 6) is 0.501. The third kappa shape index (κ3) is 2.97. The van der Waals surface area contributed by atoms with E-state index in [1.54, 1.807) is 18.2 Å². The topological polar surface area (TPSA) is 84.4 Å². The second kappa shape index (κ2) is 5.56. The SMILES string of the molecule is CN1C2CCC1CC(CNC(=O)c1cc(N)cc(N)c1)C2. The van der Waals surface area contributed by atoms with Crippen LogP contribution in [0.5, 0.6) is 0 Å². The molecule has 0 saturated carbocycles. The zero-order valence-corrected chi connectivity index (χ0v) is 12.5. The van der Waals surface area contributed by atoms with E-state index >= 15 is 0 Å². The highest BCUT2D eigenvalue weighted by Gasteiger charge is 2.38. The van der Waals surface area contributed by atoms with Gasteiger partial charge in [-0.2, -0.15) is 0 Å². The number of piperidine rings is 1. The smallest absolute Gasteiger partial charge is 0.251 e. The number of hydrogen-bond donors (Lipinski definition) is 3. The van der Waals surface area contributed by atoms with Crippen molar-refractivity contribution < 1.29 is 4.79 Å². The molecule has 2 bridgehead atoms. The fourth-order valence-electron chi connectivity index (χ4n) is 3.84.